The number of carbonyl (C=O) groups excluding carboxylic acids is 4. The predicted molar refractivity (Wildman–Crippen MR) is 174 cm³/mol. The van der Waals surface area contributed by atoms with E-state index in [9.17, 15) is 29.1 Å². The van der Waals surface area contributed by atoms with Crippen LogP contribution in [-0.2, 0) is 30.4 Å². The Morgan fingerprint density at radius 1 is 0.822 bits per heavy atom. The molecule has 4 amide bonds. The monoisotopic (exact) mass is 655 g/mol. The number of carbonyl (C=O) groups is 5. The van der Waals surface area contributed by atoms with Gasteiger partial charge in [0.05, 0.1) is 12.4 Å². The first-order valence-corrected chi connectivity index (χ1v) is 16.9. The number of nitrogens with zero attached hydrogens (tertiary/aromatic N) is 1. The topological polar surface area (TPSA) is 260 Å². The van der Waals surface area contributed by atoms with Crippen molar-refractivity contribution in [3.63, 3.8) is 0 Å². The molecule has 12 N–H and O–H groups in total. The number of H-pyrrole nitrogens is 1. The molecule has 0 aromatic carbocycles. The standard InChI is InChI=1S/C29H53N9O6S/c1-18(2)14-24(28(42)37-23(29(43)44)10-13-45-3)38-27(41)22(9-5-7-12-31)36-26(40)21(8-4-6-11-30)35-25(39)20(32)15-19-16-33-17-34-19/h16-18,20-24H,4-15,30-32H2,1-3H3,(H,33,34)(H,35,39)(H,36,40)(H,37,42)(H,38,41)(H,43,44)/t20-,21-,22-,23-,24-/m0/s1. The lowest BCUT2D eigenvalue weighted by Crippen LogP contribution is -2.58. The molecule has 5 atom stereocenters. The summed E-state index contributed by atoms with van der Waals surface area (Å²) in [5.41, 5.74) is 18.0. The predicted octanol–water partition coefficient (Wildman–Crippen LogP) is -0.639. The number of unbranched alkanes of at least 4 members (excludes halogenated alkanes) is 2. The second-order valence-electron chi connectivity index (χ2n) is 11.5. The highest BCUT2D eigenvalue weighted by Crippen LogP contribution is 2.10. The van der Waals surface area contributed by atoms with E-state index in [0.29, 0.717) is 50.2 Å². The number of carboxylic acid groups (broad SMARTS) is 1. The first-order chi connectivity index (χ1) is 21.4. The van der Waals surface area contributed by atoms with E-state index in [0.717, 1.165) is 0 Å². The van der Waals surface area contributed by atoms with Crippen LogP contribution in [0.1, 0.15) is 70.9 Å². The SMILES string of the molecule is CSCC[C@H](NC(=O)[C@H](CC(C)C)NC(=O)[C@H](CCCCN)NC(=O)[C@H](CCCCN)NC(=O)[C@@H](N)Cc1cnc[nH]1)C(=O)O. The van der Waals surface area contributed by atoms with Gasteiger partial charge in [-0.15, -0.1) is 0 Å². The van der Waals surface area contributed by atoms with Crippen molar-refractivity contribution >= 4 is 41.4 Å². The third-order valence-corrected chi connectivity index (χ3v) is 7.70. The summed E-state index contributed by atoms with van der Waals surface area (Å²) in [6.07, 6.45) is 8.34. The molecule has 0 spiro atoms. The van der Waals surface area contributed by atoms with Crippen LogP contribution in [0.15, 0.2) is 12.5 Å². The Kier molecular flexibility index (Phi) is 19.7. The highest BCUT2D eigenvalue weighted by molar-refractivity contribution is 7.98. The van der Waals surface area contributed by atoms with Gasteiger partial charge < -0.3 is 48.6 Å². The van der Waals surface area contributed by atoms with Crippen molar-refractivity contribution in [3.05, 3.63) is 18.2 Å². The third-order valence-electron chi connectivity index (χ3n) is 7.06. The van der Waals surface area contributed by atoms with Crippen LogP contribution in [0.2, 0.25) is 0 Å². The summed E-state index contributed by atoms with van der Waals surface area (Å²) in [6, 6.07) is -5.09. The molecule has 1 rings (SSSR count). The summed E-state index contributed by atoms with van der Waals surface area (Å²) >= 11 is 1.46. The Bertz CT molecular complexity index is 1040. The molecule has 15 nitrogen and oxygen atoms in total. The molecule has 0 fully saturated rings. The second kappa shape index (κ2) is 22.3. The van der Waals surface area contributed by atoms with Crippen LogP contribution >= 0.6 is 11.8 Å². The maximum atomic E-state index is 13.6. The molecule has 256 valence electrons. The molecule has 0 aliphatic heterocycles. The number of aromatic nitrogens is 2. The van der Waals surface area contributed by atoms with Gasteiger partial charge in [0.1, 0.15) is 24.2 Å². The van der Waals surface area contributed by atoms with Gasteiger partial charge in [-0.05, 0) is 82.4 Å². The molecule has 1 heterocycles. The van der Waals surface area contributed by atoms with Crippen molar-refractivity contribution < 1.29 is 29.1 Å². The van der Waals surface area contributed by atoms with E-state index in [1.54, 1.807) is 6.20 Å². The Balaban J connectivity index is 3.10. The summed E-state index contributed by atoms with van der Waals surface area (Å²) in [6.45, 7) is 4.55. The van der Waals surface area contributed by atoms with Crippen LogP contribution in [0.5, 0.6) is 0 Å². The first-order valence-electron chi connectivity index (χ1n) is 15.5. The lowest BCUT2D eigenvalue weighted by Gasteiger charge is -2.27. The Hall–Kier alpha value is -3.21. The number of aromatic amines is 1. The first kappa shape index (κ1) is 39.8. The number of rotatable bonds is 24. The zero-order valence-electron chi connectivity index (χ0n) is 26.7. The van der Waals surface area contributed by atoms with E-state index < -0.39 is 59.8 Å². The molecule has 1 aromatic rings. The van der Waals surface area contributed by atoms with Gasteiger partial charge in [-0.3, -0.25) is 19.2 Å². The minimum Gasteiger partial charge on any atom is -0.480 e. The van der Waals surface area contributed by atoms with E-state index >= 15 is 0 Å². The number of thioether (sulfide) groups is 1. The van der Waals surface area contributed by atoms with Crippen molar-refractivity contribution in [1.82, 2.24) is 31.2 Å². The van der Waals surface area contributed by atoms with Gasteiger partial charge in [0.15, 0.2) is 0 Å². The van der Waals surface area contributed by atoms with Crippen molar-refractivity contribution in [1.29, 1.82) is 0 Å². The van der Waals surface area contributed by atoms with E-state index in [2.05, 4.69) is 31.2 Å². The molecule has 0 bridgehead atoms. The number of nitrogens with two attached hydrogens (primary N) is 3. The number of hydrogen-bond donors (Lipinski definition) is 9. The maximum absolute atomic E-state index is 13.6. The average molecular weight is 656 g/mol. The summed E-state index contributed by atoms with van der Waals surface area (Å²) in [5, 5.41) is 20.3. The average Bonchev–Trinajstić information content (AvgIpc) is 3.50. The zero-order chi connectivity index (χ0) is 33.8. The van der Waals surface area contributed by atoms with Gasteiger partial charge in [-0.25, -0.2) is 9.78 Å². The highest BCUT2D eigenvalue weighted by atomic mass is 32.2. The Morgan fingerprint density at radius 2 is 1.33 bits per heavy atom. The lowest BCUT2D eigenvalue weighted by atomic mass is 10.0. The second-order valence-corrected chi connectivity index (χ2v) is 12.4. The smallest absolute Gasteiger partial charge is 0.326 e. The van der Waals surface area contributed by atoms with E-state index in [4.69, 9.17) is 17.2 Å². The fourth-order valence-electron chi connectivity index (χ4n) is 4.54. The minimum absolute atomic E-state index is 0.00564. The largest absolute Gasteiger partial charge is 0.480 e. The van der Waals surface area contributed by atoms with Crippen LogP contribution < -0.4 is 38.5 Å². The molecule has 0 unspecified atom stereocenters. The van der Waals surface area contributed by atoms with Gasteiger partial charge in [-0.1, -0.05) is 13.8 Å². The molecule has 0 aliphatic carbocycles. The van der Waals surface area contributed by atoms with Crippen molar-refractivity contribution in [2.75, 3.05) is 25.1 Å². The Morgan fingerprint density at radius 3 is 1.80 bits per heavy atom. The molecule has 0 saturated heterocycles. The molecule has 0 saturated carbocycles. The van der Waals surface area contributed by atoms with E-state index in [1.807, 2.05) is 20.1 Å². The van der Waals surface area contributed by atoms with Gasteiger partial charge in [0, 0.05) is 18.3 Å². The lowest BCUT2D eigenvalue weighted by molar-refractivity contribution is -0.142. The third kappa shape index (κ3) is 16.1. The van der Waals surface area contributed by atoms with Gasteiger partial charge >= 0.3 is 5.97 Å². The molecule has 45 heavy (non-hydrogen) atoms. The molecule has 16 heteroatoms. The van der Waals surface area contributed by atoms with Gasteiger partial charge in [-0.2, -0.15) is 11.8 Å². The molecular formula is C29H53N9O6S. The Labute approximate surface area is 269 Å². The fraction of sp³-hybridized carbons (Fsp3) is 0.724. The van der Waals surface area contributed by atoms with Crippen LogP contribution in [-0.4, -0.2) is 100.0 Å². The van der Waals surface area contributed by atoms with E-state index in [-0.39, 0.29) is 38.0 Å². The van der Waals surface area contributed by atoms with Crippen molar-refractivity contribution in [3.8, 4) is 0 Å². The van der Waals surface area contributed by atoms with Crippen LogP contribution in [0.3, 0.4) is 0 Å². The van der Waals surface area contributed by atoms with E-state index in [1.165, 1.54) is 18.1 Å². The van der Waals surface area contributed by atoms with Crippen molar-refractivity contribution in [2.45, 2.75) is 102 Å². The molecule has 1 aromatic heterocycles. The summed E-state index contributed by atoms with van der Waals surface area (Å²) in [7, 11) is 0. The maximum Gasteiger partial charge on any atom is 0.326 e. The summed E-state index contributed by atoms with van der Waals surface area (Å²) in [4.78, 5) is 71.7. The number of nitrogens with one attached hydrogen (secondary N) is 5. The van der Waals surface area contributed by atoms with Crippen LogP contribution in [0.4, 0.5) is 0 Å². The number of hydrogen-bond acceptors (Lipinski definition) is 10. The van der Waals surface area contributed by atoms with Gasteiger partial charge in [0.2, 0.25) is 23.6 Å². The molecule has 0 aliphatic rings. The summed E-state index contributed by atoms with van der Waals surface area (Å²) < 4.78 is 0. The number of imidazole rings is 1. The summed E-state index contributed by atoms with van der Waals surface area (Å²) in [5.74, 6) is -2.96. The number of amides is 4. The quantitative estimate of drug-likeness (QED) is 0.0633. The molecular weight excluding hydrogens is 602 g/mol. The fourth-order valence-corrected chi connectivity index (χ4v) is 5.01. The molecule has 0 radical (unpaired) electrons. The van der Waals surface area contributed by atoms with Crippen LogP contribution in [0, 0.1) is 5.92 Å². The van der Waals surface area contributed by atoms with Crippen molar-refractivity contribution in [2.24, 2.45) is 23.1 Å². The minimum atomic E-state index is -1.16. The number of carboxylic acids is 1. The normalized spacial score (nSPS) is 14.6. The van der Waals surface area contributed by atoms with Crippen LogP contribution in [0.25, 0.3) is 0 Å². The zero-order valence-corrected chi connectivity index (χ0v) is 27.5. The van der Waals surface area contributed by atoms with Gasteiger partial charge in [0.25, 0.3) is 0 Å². The highest BCUT2D eigenvalue weighted by Gasteiger charge is 2.32. The number of aliphatic carboxylic acids is 1.